The number of piperidine rings is 3. The quantitative estimate of drug-likeness (QED) is 0.225. The molecule has 7 aliphatic rings. The molecule has 0 spiro atoms. The van der Waals surface area contributed by atoms with Gasteiger partial charge in [-0.05, 0) is 166 Å². The second-order valence-corrected chi connectivity index (χ2v) is 18.3. The predicted octanol–water partition coefficient (Wildman–Crippen LogP) is 9.32. The normalized spacial score (nSPS) is 42.5. The lowest BCUT2D eigenvalue weighted by molar-refractivity contribution is -0.160. The Morgan fingerprint density at radius 1 is 1.06 bits per heavy atom. The summed E-state index contributed by atoms with van der Waals surface area (Å²) in [5, 5.41) is 13.1. The van der Waals surface area contributed by atoms with Gasteiger partial charge >= 0.3 is 5.97 Å². The van der Waals surface area contributed by atoms with Crippen molar-refractivity contribution in [3.05, 3.63) is 54.2 Å². The molecule has 1 N–H and O–H groups in total. The molecule has 7 fully saturated rings. The van der Waals surface area contributed by atoms with Crippen LogP contribution in [0.25, 0.3) is 10.9 Å². The van der Waals surface area contributed by atoms with Gasteiger partial charge < -0.3 is 9.84 Å². The molecule has 5 heteroatoms. The lowest BCUT2D eigenvalue weighted by Gasteiger charge is -2.61. The van der Waals surface area contributed by atoms with E-state index in [4.69, 9.17) is 9.72 Å². The van der Waals surface area contributed by atoms with Crippen LogP contribution >= 0.6 is 0 Å². The van der Waals surface area contributed by atoms with Gasteiger partial charge in [0.25, 0.3) is 0 Å². The molecule has 4 heterocycles. The van der Waals surface area contributed by atoms with Gasteiger partial charge in [-0.1, -0.05) is 45.0 Å². The van der Waals surface area contributed by atoms with Gasteiger partial charge in [0.15, 0.2) is 0 Å². The number of benzene rings is 1. The number of esters is 1. The van der Waals surface area contributed by atoms with E-state index in [9.17, 15) is 9.90 Å². The molecular formula is C44H62N2O3. The molecule has 2 bridgehead atoms. The summed E-state index contributed by atoms with van der Waals surface area (Å²) in [7, 11) is 0. The first kappa shape index (κ1) is 33.9. The van der Waals surface area contributed by atoms with Crippen LogP contribution in [0, 0.1) is 58.2 Å². The zero-order valence-corrected chi connectivity index (χ0v) is 30.8. The molecule has 4 saturated carbocycles. The zero-order chi connectivity index (χ0) is 34.1. The molecule has 1 aromatic heterocycles. The number of carbonyl (C=O) groups excluding carboxylic acids is 1. The van der Waals surface area contributed by atoms with Crippen LogP contribution in [0.1, 0.15) is 122 Å². The zero-order valence-electron chi connectivity index (χ0n) is 30.8. The molecule has 3 saturated heterocycles. The van der Waals surface area contributed by atoms with Crippen LogP contribution in [0.4, 0.5) is 0 Å². The third kappa shape index (κ3) is 5.81. The third-order valence-corrected chi connectivity index (χ3v) is 16.2. The topological polar surface area (TPSA) is 62.7 Å². The average molecular weight is 667 g/mol. The third-order valence-electron chi connectivity index (χ3n) is 16.2. The molecule has 14 atom stereocenters. The summed E-state index contributed by atoms with van der Waals surface area (Å²) in [5.41, 5.74) is 4.11. The van der Waals surface area contributed by atoms with Gasteiger partial charge in [0.05, 0.1) is 11.6 Å². The van der Waals surface area contributed by atoms with Gasteiger partial charge in [-0.2, -0.15) is 0 Å². The first-order valence-electron chi connectivity index (χ1n) is 20.2. The Hall–Kier alpha value is -2.24. The van der Waals surface area contributed by atoms with Gasteiger partial charge in [0.2, 0.25) is 0 Å². The van der Waals surface area contributed by atoms with Crippen LogP contribution in [0.5, 0.6) is 0 Å². The highest BCUT2D eigenvalue weighted by Gasteiger charge is 2.60. The van der Waals surface area contributed by atoms with Crippen LogP contribution < -0.4 is 0 Å². The number of rotatable bonds is 8. The molecule has 3 aliphatic heterocycles. The minimum absolute atomic E-state index is 0.109. The fourth-order valence-electron chi connectivity index (χ4n) is 13.7. The Kier molecular flexibility index (Phi) is 9.03. The molecule has 266 valence electrons. The van der Waals surface area contributed by atoms with E-state index < -0.39 is 6.10 Å². The van der Waals surface area contributed by atoms with Crippen LogP contribution in [0.15, 0.2) is 43.0 Å². The molecular weight excluding hydrogens is 604 g/mol. The number of para-hydroxylation sites is 1. The highest BCUT2D eigenvalue weighted by molar-refractivity contribution is 5.82. The van der Waals surface area contributed by atoms with Gasteiger partial charge in [-0.3, -0.25) is 14.7 Å². The summed E-state index contributed by atoms with van der Waals surface area (Å²) >= 11 is 0. The molecule has 49 heavy (non-hydrogen) atoms. The van der Waals surface area contributed by atoms with Gasteiger partial charge in [0.1, 0.15) is 6.10 Å². The fourth-order valence-corrected chi connectivity index (χ4v) is 13.7. The molecule has 2 aromatic rings. The highest BCUT2D eigenvalue weighted by Crippen LogP contribution is 2.68. The van der Waals surface area contributed by atoms with Crippen molar-refractivity contribution in [2.24, 2.45) is 58.2 Å². The smallest absolute Gasteiger partial charge is 0.302 e. The number of ether oxygens (including phenoxy) is 1. The van der Waals surface area contributed by atoms with Crippen LogP contribution in [-0.4, -0.2) is 46.2 Å². The molecule has 1 unspecified atom stereocenters. The second kappa shape index (κ2) is 13.1. The Morgan fingerprint density at radius 3 is 2.63 bits per heavy atom. The molecule has 0 amide bonds. The summed E-state index contributed by atoms with van der Waals surface area (Å²) in [4.78, 5) is 19.4. The fraction of sp³-hybridized carbons (Fsp3) is 0.727. The molecule has 9 rings (SSSR count). The number of aryl methyl sites for hydroxylation is 1. The number of pyridine rings is 1. The first-order valence-corrected chi connectivity index (χ1v) is 20.2. The van der Waals surface area contributed by atoms with Gasteiger partial charge in [0, 0.05) is 30.6 Å². The molecule has 1 aromatic carbocycles. The summed E-state index contributed by atoms with van der Waals surface area (Å²) in [5.74, 6) is 5.79. The van der Waals surface area contributed by atoms with E-state index >= 15 is 0 Å². The van der Waals surface area contributed by atoms with Crippen molar-refractivity contribution < 1.29 is 14.6 Å². The maximum absolute atomic E-state index is 12.0. The van der Waals surface area contributed by atoms with Crippen molar-refractivity contribution in [2.45, 2.75) is 129 Å². The average Bonchev–Trinajstić information content (AvgIpc) is 3.47. The number of hydrogen-bond acceptors (Lipinski definition) is 5. The minimum Gasteiger partial charge on any atom is -0.463 e. The van der Waals surface area contributed by atoms with Gasteiger partial charge in [-0.25, -0.2) is 0 Å². The maximum atomic E-state index is 12.0. The second-order valence-electron chi connectivity index (χ2n) is 18.3. The van der Waals surface area contributed by atoms with Crippen molar-refractivity contribution in [3.63, 3.8) is 0 Å². The van der Waals surface area contributed by atoms with Gasteiger partial charge in [-0.15, -0.1) is 6.58 Å². The monoisotopic (exact) mass is 666 g/mol. The maximum Gasteiger partial charge on any atom is 0.302 e. The molecule has 5 nitrogen and oxygen atoms in total. The number of carbonyl (C=O) groups is 1. The minimum atomic E-state index is -0.490. The van der Waals surface area contributed by atoms with E-state index in [1.807, 2.05) is 0 Å². The number of fused-ring (bicyclic) bond motifs is 9. The molecule has 4 aliphatic carbocycles. The van der Waals surface area contributed by atoms with Crippen LogP contribution in [0.3, 0.4) is 0 Å². The summed E-state index contributed by atoms with van der Waals surface area (Å²) < 4.78 is 5.73. The number of aromatic nitrogens is 1. The van der Waals surface area contributed by atoms with E-state index in [1.54, 1.807) is 6.92 Å². The Morgan fingerprint density at radius 2 is 1.86 bits per heavy atom. The largest absolute Gasteiger partial charge is 0.463 e. The van der Waals surface area contributed by atoms with E-state index in [-0.39, 0.29) is 18.1 Å². The number of hydrogen-bond donors (Lipinski definition) is 1. The van der Waals surface area contributed by atoms with Crippen LogP contribution in [-0.2, 0) is 16.0 Å². The van der Waals surface area contributed by atoms with Crippen molar-refractivity contribution in [3.8, 4) is 0 Å². The van der Waals surface area contributed by atoms with Crippen molar-refractivity contribution in [1.82, 2.24) is 9.88 Å². The van der Waals surface area contributed by atoms with E-state index in [0.29, 0.717) is 34.5 Å². The number of aliphatic hydroxyl groups excluding tert-OH is 1. The lowest BCUT2D eigenvalue weighted by atomic mass is 9.44. The molecule has 0 radical (unpaired) electrons. The Balaban J connectivity index is 0.954. The lowest BCUT2D eigenvalue weighted by Crippen LogP contribution is -2.54. The number of aliphatic hydroxyl groups is 1. The van der Waals surface area contributed by atoms with E-state index in [0.717, 1.165) is 91.0 Å². The standard InChI is InChI=1S/C44H62N2O3/c1-6-29-26-46-22-19-30(29)23-41(46)42(48)36-25-32(45-40-10-8-7-9-34(36)40)13-11-27(2)37-15-16-38-35-14-12-31-24-33(49-28(3)47)17-20-43(31,4)39(35)18-21-44(37,38)5/h6-10,25,27,29-31,33,35,37-39,41-42,48H,1,11-24,26H2,2-5H3/t27-,29+,30+,31-,33-,35+,37-,38+,39+,41+,42-,43+,44-/m1/s1. The summed E-state index contributed by atoms with van der Waals surface area (Å²) in [6.07, 6.45) is 17.8. The Bertz CT molecular complexity index is 1560. The van der Waals surface area contributed by atoms with Crippen molar-refractivity contribution >= 4 is 16.9 Å². The summed E-state index contributed by atoms with van der Waals surface area (Å²) in [6.45, 7) is 15.6. The van der Waals surface area contributed by atoms with E-state index in [1.165, 1.54) is 51.4 Å². The van der Waals surface area contributed by atoms with E-state index in [2.05, 4.69) is 68.7 Å². The highest BCUT2D eigenvalue weighted by atomic mass is 16.5. The van der Waals surface area contributed by atoms with Crippen molar-refractivity contribution in [1.29, 1.82) is 0 Å². The predicted molar refractivity (Wildman–Crippen MR) is 197 cm³/mol. The van der Waals surface area contributed by atoms with Crippen molar-refractivity contribution in [2.75, 3.05) is 13.1 Å². The first-order chi connectivity index (χ1) is 23.6. The number of nitrogens with zero attached hydrogens (tertiary/aromatic N) is 2. The summed E-state index contributed by atoms with van der Waals surface area (Å²) in [6, 6.07) is 10.9. The van der Waals surface area contributed by atoms with Crippen LogP contribution in [0.2, 0.25) is 0 Å². The SMILES string of the molecule is C=C[C@H]1CN2CC[C@H]1C[C@H]2[C@H](O)c1cc(CC[C@@H](C)[C@H]2CC[C@H]3[C@@H]4CC[C@@H]5C[C@H](OC(C)=O)CC[C@]5(C)[C@H]4CC[C@]23C)nc2ccccc12. The Labute approximate surface area is 295 Å².